The van der Waals surface area contributed by atoms with Crippen LogP contribution in [0.1, 0.15) is 64.2 Å². The zero-order valence-corrected chi connectivity index (χ0v) is 16.5. The zero-order chi connectivity index (χ0) is 20.4. The summed E-state index contributed by atoms with van der Waals surface area (Å²) in [5.41, 5.74) is 0. The van der Waals surface area contributed by atoms with Crippen molar-refractivity contribution in [2.75, 3.05) is 13.2 Å². The first-order valence-electron chi connectivity index (χ1n) is 10.5. The van der Waals surface area contributed by atoms with Crippen molar-refractivity contribution in [3.63, 3.8) is 0 Å². The quantitative estimate of drug-likeness (QED) is 0.342. The van der Waals surface area contributed by atoms with Gasteiger partial charge in [0.25, 0.3) is 0 Å². The number of carbonyl (C=O) groups is 2. The molecule has 0 radical (unpaired) electrons. The lowest BCUT2D eigenvalue weighted by molar-refractivity contribution is -0.162. The number of carboxylic acid groups (broad SMARTS) is 2. The summed E-state index contributed by atoms with van der Waals surface area (Å²) in [6, 6.07) is 0. The van der Waals surface area contributed by atoms with Gasteiger partial charge >= 0.3 is 11.9 Å². The molecule has 160 valence electrons. The Labute approximate surface area is 166 Å². The second-order valence-corrected chi connectivity index (χ2v) is 7.88. The van der Waals surface area contributed by atoms with Gasteiger partial charge in [0.15, 0.2) is 6.29 Å². The van der Waals surface area contributed by atoms with Gasteiger partial charge in [-0.25, -0.2) is 0 Å². The Hall–Kier alpha value is -1.44. The molecule has 1 unspecified atom stereocenters. The van der Waals surface area contributed by atoms with Crippen LogP contribution in [0.3, 0.4) is 0 Å². The number of hydrogen-bond acceptors (Lipinski definition) is 5. The number of hydrogen-bond donors (Lipinski definition) is 3. The number of allylic oxidation sites excluding steroid dienone is 2. The number of carboxylic acids is 2. The van der Waals surface area contributed by atoms with Gasteiger partial charge in [-0.05, 0) is 50.9 Å². The topological polar surface area (TPSA) is 113 Å². The molecule has 1 saturated heterocycles. The molecule has 28 heavy (non-hydrogen) atoms. The highest BCUT2D eigenvalue weighted by atomic mass is 16.7. The number of ether oxygens (including phenoxy) is 2. The summed E-state index contributed by atoms with van der Waals surface area (Å²) in [6.07, 6.45) is 11.0. The summed E-state index contributed by atoms with van der Waals surface area (Å²) in [7, 11) is 0. The Morgan fingerprint density at radius 2 is 1.89 bits per heavy atom. The second-order valence-electron chi connectivity index (χ2n) is 7.88. The van der Waals surface area contributed by atoms with Crippen LogP contribution in [0.25, 0.3) is 0 Å². The van der Waals surface area contributed by atoms with Crippen molar-refractivity contribution in [3.05, 3.63) is 12.2 Å². The fourth-order valence-electron chi connectivity index (χ4n) is 4.19. The van der Waals surface area contributed by atoms with Crippen LogP contribution in [0.2, 0.25) is 0 Å². The maximum absolute atomic E-state index is 11.4. The highest BCUT2D eigenvalue weighted by Crippen LogP contribution is 2.40. The molecule has 0 spiro atoms. The van der Waals surface area contributed by atoms with Gasteiger partial charge < -0.3 is 24.8 Å². The number of unbranched alkanes of at least 4 members (excludes halogenated alkanes) is 4. The van der Waals surface area contributed by atoms with E-state index in [0.29, 0.717) is 0 Å². The van der Waals surface area contributed by atoms with Crippen LogP contribution in [-0.4, -0.2) is 52.9 Å². The molecule has 1 aliphatic carbocycles. The predicted octanol–water partition coefficient (Wildman–Crippen LogP) is 3.21. The Balaban J connectivity index is 1.63. The minimum Gasteiger partial charge on any atom is -0.481 e. The maximum atomic E-state index is 11.4. The first kappa shape index (κ1) is 22.8. The van der Waals surface area contributed by atoms with E-state index in [-0.39, 0.29) is 19.1 Å². The van der Waals surface area contributed by atoms with Crippen molar-refractivity contribution < 1.29 is 34.4 Å². The van der Waals surface area contributed by atoms with Crippen LogP contribution in [-0.2, 0) is 19.1 Å². The molecule has 7 nitrogen and oxygen atoms in total. The molecule has 2 aliphatic rings. The van der Waals surface area contributed by atoms with Gasteiger partial charge in [-0.15, -0.1) is 0 Å². The largest absolute Gasteiger partial charge is 0.481 e. The lowest BCUT2D eigenvalue weighted by atomic mass is 9.86. The first-order valence-corrected chi connectivity index (χ1v) is 10.5. The zero-order valence-electron chi connectivity index (χ0n) is 16.5. The van der Waals surface area contributed by atoms with Crippen molar-refractivity contribution in [3.8, 4) is 0 Å². The van der Waals surface area contributed by atoms with Gasteiger partial charge in [0.05, 0.1) is 18.4 Å². The molecule has 0 aromatic rings. The van der Waals surface area contributed by atoms with Gasteiger partial charge in [-0.3, -0.25) is 9.59 Å². The summed E-state index contributed by atoms with van der Waals surface area (Å²) in [5, 5.41) is 28.5. The number of aliphatic carboxylic acids is 2. The average molecular weight is 398 g/mol. The van der Waals surface area contributed by atoms with Gasteiger partial charge in [-0.2, -0.15) is 0 Å². The predicted molar refractivity (Wildman–Crippen MR) is 103 cm³/mol. The molecule has 1 heterocycles. The molecule has 0 aromatic carbocycles. The molecule has 2 rings (SSSR count). The van der Waals surface area contributed by atoms with E-state index in [2.05, 4.69) is 0 Å². The third-order valence-electron chi connectivity index (χ3n) is 5.74. The van der Waals surface area contributed by atoms with Crippen molar-refractivity contribution in [1.29, 1.82) is 0 Å². The molecule has 1 saturated carbocycles. The second kappa shape index (κ2) is 12.2. The minimum absolute atomic E-state index is 0.0284. The minimum atomic E-state index is -1.01. The first-order chi connectivity index (χ1) is 13.5. The van der Waals surface area contributed by atoms with Crippen molar-refractivity contribution >= 4 is 11.9 Å². The Morgan fingerprint density at radius 3 is 2.57 bits per heavy atom. The molecule has 0 aromatic heterocycles. The monoisotopic (exact) mass is 398 g/mol. The standard InChI is InChI=1S/C21H34O7/c22-18-13-17(21(25)26)15(16(18)14-19(23)24)9-5-3-1-2-4-7-11-27-20-10-6-8-12-28-20/h5,9,15-18,20,22H,1-4,6-8,10-14H2,(H,23,24)(H,25,26)/t15-,16-,17-,18+,20?/m0/s1. The summed E-state index contributed by atoms with van der Waals surface area (Å²) >= 11 is 0. The number of rotatable bonds is 12. The van der Waals surface area contributed by atoms with Crippen LogP contribution in [0, 0.1) is 17.8 Å². The van der Waals surface area contributed by atoms with Crippen LogP contribution >= 0.6 is 0 Å². The Kier molecular flexibility index (Phi) is 9.95. The SMILES string of the molecule is O=C(O)C[C@H]1[C@H](C=CCCCCCCOC2CCCCO2)[C@@H](C(=O)O)C[C@H]1O. The third-order valence-corrected chi connectivity index (χ3v) is 5.74. The van der Waals surface area contributed by atoms with Gasteiger partial charge in [0.2, 0.25) is 0 Å². The van der Waals surface area contributed by atoms with Gasteiger partial charge in [0.1, 0.15) is 0 Å². The summed E-state index contributed by atoms with van der Waals surface area (Å²) in [5.74, 6) is -3.64. The van der Waals surface area contributed by atoms with E-state index >= 15 is 0 Å². The molecular weight excluding hydrogens is 364 g/mol. The van der Waals surface area contributed by atoms with Gasteiger partial charge in [-0.1, -0.05) is 25.0 Å². The van der Waals surface area contributed by atoms with Crippen LogP contribution in [0.15, 0.2) is 12.2 Å². The fraction of sp³-hybridized carbons (Fsp3) is 0.810. The Morgan fingerprint density at radius 1 is 1.11 bits per heavy atom. The van der Waals surface area contributed by atoms with Gasteiger partial charge in [0, 0.05) is 19.1 Å². The number of aliphatic hydroxyl groups excluding tert-OH is 1. The average Bonchev–Trinajstić information content (AvgIpc) is 2.97. The maximum Gasteiger partial charge on any atom is 0.307 e. The molecule has 1 aliphatic heterocycles. The van der Waals surface area contributed by atoms with E-state index in [9.17, 15) is 19.8 Å². The van der Waals surface area contributed by atoms with E-state index in [1.165, 1.54) is 6.42 Å². The number of aliphatic hydroxyl groups is 1. The van der Waals surface area contributed by atoms with E-state index in [1.807, 2.05) is 12.2 Å². The van der Waals surface area contributed by atoms with E-state index in [0.717, 1.165) is 58.2 Å². The third kappa shape index (κ3) is 7.53. The van der Waals surface area contributed by atoms with Crippen LogP contribution in [0.4, 0.5) is 0 Å². The van der Waals surface area contributed by atoms with E-state index < -0.39 is 35.8 Å². The van der Waals surface area contributed by atoms with Crippen LogP contribution < -0.4 is 0 Å². The summed E-state index contributed by atoms with van der Waals surface area (Å²) < 4.78 is 11.2. The van der Waals surface area contributed by atoms with Crippen molar-refractivity contribution in [2.24, 2.45) is 17.8 Å². The fourth-order valence-corrected chi connectivity index (χ4v) is 4.19. The van der Waals surface area contributed by atoms with E-state index in [4.69, 9.17) is 14.6 Å². The Bertz CT molecular complexity index is 513. The highest BCUT2D eigenvalue weighted by Gasteiger charge is 2.45. The smallest absolute Gasteiger partial charge is 0.307 e. The molecule has 0 amide bonds. The molecule has 0 bridgehead atoms. The van der Waals surface area contributed by atoms with E-state index in [1.54, 1.807) is 0 Å². The molecule has 3 N–H and O–H groups in total. The molecular formula is C21H34O7. The highest BCUT2D eigenvalue weighted by molar-refractivity contribution is 5.72. The molecule has 5 atom stereocenters. The summed E-state index contributed by atoms with van der Waals surface area (Å²) in [6.45, 7) is 1.52. The van der Waals surface area contributed by atoms with Crippen molar-refractivity contribution in [2.45, 2.75) is 76.6 Å². The van der Waals surface area contributed by atoms with Crippen molar-refractivity contribution in [1.82, 2.24) is 0 Å². The molecule has 7 heteroatoms. The summed E-state index contributed by atoms with van der Waals surface area (Å²) in [4.78, 5) is 22.5. The lowest BCUT2D eigenvalue weighted by Crippen LogP contribution is -2.24. The normalized spacial score (nSPS) is 30.7. The van der Waals surface area contributed by atoms with Crippen LogP contribution in [0.5, 0.6) is 0 Å². The lowest BCUT2D eigenvalue weighted by Gasteiger charge is -2.22. The molecule has 2 fully saturated rings.